The van der Waals surface area contributed by atoms with E-state index in [2.05, 4.69) is 59.5 Å². The Balaban J connectivity index is 1.04. The number of nitrogens with one attached hydrogen (secondary N) is 1. The van der Waals surface area contributed by atoms with Gasteiger partial charge >= 0.3 is 6.03 Å². The lowest BCUT2D eigenvalue weighted by Crippen LogP contribution is -2.56. The second-order valence-electron chi connectivity index (χ2n) is 14.1. The van der Waals surface area contributed by atoms with E-state index in [0.29, 0.717) is 105 Å². The van der Waals surface area contributed by atoms with Gasteiger partial charge in [-0.05, 0) is 64.1 Å². The molecule has 290 valence electrons. The van der Waals surface area contributed by atoms with Crippen LogP contribution in [0, 0.1) is 5.92 Å². The summed E-state index contributed by atoms with van der Waals surface area (Å²) in [6, 6.07) is 10.8. The molecule has 3 fully saturated rings. The third-order valence-electron chi connectivity index (χ3n) is 10.6. The van der Waals surface area contributed by atoms with Crippen LogP contribution < -0.4 is 5.32 Å². The van der Waals surface area contributed by atoms with Gasteiger partial charge in [-0.1, -0.05) is 36.8 Å². The number of rotatable bonds is 27. The van der Waals surface area contributed by atoms with Crippen LogP contribution in [0.4, 0.5) is 4.79 Å². The van der Waals surface area contributed by atoms with Crippen molar-refractivity contribution in [2.75, 3.05) is 133 Å². The Morgan fingerprint density at radius 2 is 1.27 bits per heavy atom. The van der Waals surface area contributed by atoms with Crippen molar-refractivity contribution >= 4 is 11.9 Å². The van der Waals surface area contributed by atoms with Crippen LogP contribution in [-0.4, -0.2) is 165 Å². The zero-order valence-corrected chi connectivity index (χ0v) is 31.5. The number of carbonyl (C=O) groups excluding carboxylic acids is 2. The van der Waals surface area contributed by atoms with Gasteiger partial charge < -0.3 is 48.3 Å². The number of hydrogen-bond donors (Lipinski definition) is 1. The molecule has 1 N–H and O–H groups in total. The lowest BCUT2D eigenvalue weighted by Gasteiger charge is -2.51. The molecule has 0 bridgehead atoms. The van der Waals surface area contributed by atoms with Gasteiger partial charge in [0, 0.05) is 32.3 Å². The van der Waals surface area contributed by atoms with E-state index >= 15 is 0 Å². The molecule has 13 heteroatoms. The number of benzene rings is 1. The van der Waals surface area contributed by atoms with Crippen LogP contribution in [-0.2, 0) is 43.5 Å². The molecule has 1 aromatic rings. The van der Waals surface area contributed by atoms with Crippen LogP contribution in [0.2, 0.25) is 0 Å². The highest BCUT2D eigenvalue weighted by atomic mass is 16.6. The smallest absolute Gasteiger partial charge is 0.321 e. The summed E-state index contributed by atoms with van der Waals surface area (Å²) < 4.78 is 37.8. The molecule has 51 heavy (non-hydrogen) atoms. The number of methoxy groups -OCH3 is 1. The summed E-state index contributed by atoms with van der Waals surface area (Å²) in [5.74, 6) is 0.422. The summed E-state index contributed by atoms with van der Waals surface area (Å²) in [5.41, 5.74) is 1.07. The molecule has 13 nitrogen and oxygen atoms in total. The lowest BCUT2D eigenvalue weighted by atomic mass is 9.68. The molecule has 0 aromatic heterocycles. The van der Waals surface area contributed by atoms with Crippen molar-refractivity contribution in [2.45, 2.75) is 56.0 Å². The summed E-state index contributed by atoms with van der Waals surface area (Å²) in [4.78, 5) is 33.0. The normalized spacial score (nSPS) is 22.3. The summed E-state index contributed by atoms with van der Waals surface area (Å²) in [6.45, 7) is 8.34. The van der Waals surface area contributed by atoms with E-state index in [1.165, 1.54) is 24.8 Å². The number of amides is 3. The van der Waals surface area contributed by atoms with E-state index in [1.54, 1.807) is 12.0 Å². The van der Waals surface area contributed by atoms with Gasteiger partial charge in [0.2, 0.25) is 5.91 Å². The highest BCUT2D eigenvalue weighted by Gasteiger charge is 2.55. The Labute approximate surface area is 305 Å². The van der Waals surface area contributed by atoms with Crippen molar-refractivity contribution in [1.29, 1.82) is 0 Å². The van der Waals surface area contributed by atoms with E-state index in [1.807, 2.05) is 0 Å². The molecule has 1 aromatic carbocycles. The molecule has 1 aliphatic heterocycles. The third kappa shape index (κ3) is 12.9. The van der Waals surface area contributed by atoms with Crippen molar-refractivity contribution in [3.63, 3.8) is 0 Å². The van der Waals surface area contributed by atoms with Gasteiger partial charge in [0.1, 0.15) is 6.54 Å². The van der Waals surface area contributed by atoms with Crippen LogP contribution in [0.25, 0.3) is 0 Å². The van der Waals surface area contributed by atoms with Crippen molar-refractivity contribution in [3.8, 4) is 0 Å². The number of nitrogens with zero attached hydrogens (tertiary/aromatic N) is 3. The Morgan fingerprint density at radius 3 is 1.75 bits per heavy atom. The van der Waals surface area contributed by atoms with Crippen LogP contribution in [0.3, 0.4) is 0 Å². The molecule has 1 spiro atoms. The largest absolute Gasteiger partial charge is 0.382 e. The molecule has 0 unspecified atom stereocenters. The Kier molecular flexibility index (Phi) is 18.4. The maximum absolute atomic E-state index is 13.8. The van der Waals surface area contributed by atoms with Gasteiger partial charge in [0.25, 0.3) is 0 Å². The minimum atomic E-state index is -0.223. The monoisotopic (exact) mass is 720 g/mol. The quantitative estimate of drug-likeness (QED) is 0.136. The van der Waals surface area contributed by atoms with Crippen molar-refractivity contribution in [2.24, 2.45) is 5.92 Å². The van der Waals surface area contributed by atoms with Gasteiger partial charge in [-0.3, -0.25) is 9.69 Å². The van der Waals surface area contributed by atoms with E-state index in [-0.39, 0.29) is 29.6 Å². The fourth-order valence-corrected chi connectivity index (χ4v) is 7.35. The molecule has 2 aliphatic carbocycles. The van der Waals surface area contributed by atoms with E-state index in [9.17, 15) is 9.59 Å². The van der Waals surface area contributed by atoms with Crippen molar-refractivity contribution in [1.82, 2.24) is 20.0 Å². The maximum atomic E-state index is 13.8. The zero-order chi connectivity index (χ0) is 36.2. The van der Waals surface area contributed by atoms with Crippen LogP contribution in [0.15, 0.2) is 30.3 Å². The highest BCUT2D eigenvalue weighted by Crippen LogP contribution is 2.49. The van der Waals surface area contributed by atoms with E-state index in [0.717, 1.165) is 32.2 Å². The fourth-order valence-electron chi connectivity index (χ4n) is 7.35. The molecule has 0 atom stereocenters. The number of urea groups is 1. The van der Waals surface area contributed by atoms with Gasteiger partial charge in [-0.15, -0.1) is 0 Å². The molecular weight excluding hydrogens is 656 g/mol. The predicted octanol–water partition coefficient (Wildman–Crippen LogP) is 3.16. The topological polar surface area (TPSA) is 120 Å². The highest BCUT2D eigenvalue weighted by molar-refractivity contribution is 5.86. The van der Waals surface area contributed by atoms with E-state index < -0.39 is 0 Å². The number of hydrogen-bond acceptors (Lipinski definition) is 10. The van der Waals surface area contributed by atoms with Crippen LogP contribution in [0.1, 0.15) is 50.5 Å². The first-order valence-corrected chi connectivity index (χ1v) is 18.9. The third-order valence-corrected chi connectivity index (χ3v) is 10.6. The van der Waals surface area contributed by atoms with Crippen LogP contribution in [0.5, 0.6) is 0 Å². The first-order valence-electron chi connectivity index (χ1n) is 18.9. The predicted molar refractivity (Wildman–Crippen MR) is 194 cm³/mol. The molecular formula is C38H64N4O9. The standard InChI is InChI=1S/C38H64N4O9/c1-40(2)38(34-10-5-4-6-11-34)14-12-37(13-15-38)32-41(36(44)42(37)30-33-8-7-9-33)31-35(43)39-16-17-46-20-21-48-24-25-50-28-29-51-27-26-49-23-22-47-19-18-45-3/h4-6,10-11,33H,7-9,12-32H2,1-3H3,(H,39,43)/t37-,38-. The summed E-state index contributed by atoms with van der Waals surface area (Å²) in [5, 5.41) is 2.93. The average molecular weight is 721 g/mol. The summed E-state index contributed by atoms with van der Waals surface area (Å²) in [6.07, 6.45) is 7.43. The zero-order valence-electron chi connectivity index (χ0n) is 31.5. The van der Waals surface area contributed by atoms with Gasteiger partial charge in [0.05, 0.1) is 91.4 Å². The number of carbonyl (C=O) groups is 2. The average Bonchev–Trinajstić information content (AvgIpc) is 3.36. The molecule has 3 amide bonds. The van der Waals surface area contributed by atoms with Gasteiger partial charge in [0.15, 0.2) is 0 Å². The van der Waals surface area contributed by atoms with Crippen molar-refractivity contribution < 1.29 is 42.7 Å². The molecule has 1 saturated heterocycles. The Bertz CT molecular complexity index is 1120. The fraction of sp³-hybridized carbons (Fsp3) is 0.789. The SMILES string of the molecule is COCCOCCOCCOCCOCCOCCOCCNC(=O)CN1C[C@]2(CC[C@@](c3ccccc3)(N(C)C)CC2)N(CC2CCC2)C1=O. The molecule has 2 saturated carbocycles. The lowest BCUT2D eigenvalue weighted by molar-refractivity contribution is -0.121. The molecule has 4 rings (SSSR count). The first-order chi connectivity index (χ1) is 24.9. The van der Waals surface area contributed by atoms with Crippen molar-refractivity contribution in [3.05, 3.63) is 35.9 Å². The second-order valence-corrected chi connectivity index (χ2v) is 14.1. The molecule has 1 heterocycles. The maximum Gasteiger partial charge on any atom is 0.321 e. The minimum Gasteiger partial charge on any atom is -0.382 e. The van der Waals surface area contributed by atoms with Gasteiger partial charge in [-0.25, -0.2) is 4.79 Å². The molecule has 0 radical (unpaired) electrons. The second kappa shape index (κ2) is 22.7. The minimum absolute atomic E-state index is 0.0140. The molecule has 3 aliphatic rings. The summed E-state index contributed by atoms with van der Waals surface area (Å²) >= 11 is 0. The Hall–Kier alpha value is -2.36. The summed E-state index contributed by atoms with van der Waals surface area (Å²) in [7, 11) is 5.99. The van der Waals surface area contributed by atoms with Crippen LogP contribution >= 0.6 is 0 Å². The first kappa shape index (κ1) is 41.4. The Morgan fingerprint density at radius 1 is 0.765 bits per heavy atom. The van der Waals surface area contributed by atoms with Gasteiger partial charge in [-0.2, -0.15) is 0 Å². The number of ether oxygens (including phenoxy) is 7. The van der Waals surface area contributed by atoms with E-state index in [4.69, 9.17) is 33.2 Å².